The smallest absolute Gasteiger partial charge is 0.293 e. The first kappa shape index (κ1) is 18.8. The lowest BCUT2D eigenvalue weighted by Gasteiger charge is -2.12. The summed E-state index contributed by atoms with van der Waals surface area (Å²) >= 11 is 0.810. The van der Waals surface area contributed by atoms with E-state index in [4.69, 9.17) is 9.47 Å². The summed E-state index contributed by atoms with van der Waals surface area (Å²) < 4.78 is 23.2. The Hall–Kier alpha value is -3.00. The van der Waals surface area contributed by atoms with Crippen LogP contribution in [0, 0.1) is 5.82 Å². The van der Waals surface area contributed by atoms with E-state index in [1.54, 1.807) is 0 Å². The van der Waals surface area contributed by atoms with Crippen LogP contribution >= 0.6 is 11.8 Å². The van der Waals surface area contributed by atoms with Crippen LogP contribution < -0.4 is 9.47 Å². The molecule has 0 aliphatic carbocycles. The third-order valence-electron chi connectivity index (χ3n) is 3.93. The molecule has 0 bridgehead atoms. The van der Waals surface area contributed by atoms with Gasteiger partial charge in [-0.3, -0.25) is 14.5 Å². The normalized spacial score (nSPS) is 15.5. The number of nitrogens with zero attached hydrogens (tertiary/aromatic N) is 1. The second kappa shape index (κ2) is 7.71. The minimum atomic E-state index is -0.444. The van der Waals surface area contributed by atoms with Gasteiger partial charge < -0.3 is 14.6 Å². The van der Waals surface area contributed by atoms with E-state index >= 15 is 0 Å². The highest BCUT2D eigenvalue weighted by molar-refractivity contribution is 8.18. The Bertz CT molecular complexity index is 901. The van der Waals surface area contributed by atoms with E-state index in [0.717, 1.165) is 16.7 Å². The van der Waals surface area contributed by atoms with E-state index in [-0.39, 0.29) is 34.5 Å². The molecule has 2 aromatic carbocycles. The summed E-state index contributed by atoms with van der Waals surface area (Å²) in [7, 11) is 2.80. The van der Waals surface area contributed by atoms with Gasteiger partial charge in [0.1, 0.15) is 5.82 Å². The number of carbonyl (C=O) groups is 2. The van der Waals surface area contributed by atoms with Crippen LogP contribution in [0.4, 0.5) is 9.18 Å². The number of rotatable bonds is 5. The predicted molar refractivity (Wildman–Crippen MR) is 99.1 cm³/mol. The lowest BCUT2D eigenvalue weighted by molar-refractivity contribution is -0.123. The summed E-state index contributed by atoms with van der Waals surface area (Å²) in [5, 5.41) is 9.55. The number of benzene rings is 2. The molecule has 0 atom stereocenters. The first-order valence-corrected chi connectivity index (χ1v) is 8.69. The Morgan fingerprint density at radius 2 is 1.70 bits per heavy atom. The summed E-state index contributed by atoms with van der Waals surface area (Å²) in [5.41, 5.74) is 1.18. The number of imide groups is 1. The van der Waals surface area contributed by atoms with Crippen LogP contribution in [0.1, 0.15) is 11.1 Å². The Morgan fingerprint density at radius 3 is 2.26 bits per heavy atom. The van der Waals surface area contributed by atoms with Gasteiger partial charge in [-0.15, -0.1) is 0 Å². The number of phenolic OH excluding ortho intramolecular Hbond substituents is 1. The van der Waals surface area contributed by atoms with Gasteiger partial charge in [-0.25, -0.2) is 4.39 Å². The van der Waals surface area contributed by atoms with E-state index in [0.29, 0.717) is 11.1 Å². The third-order valence-corrected chi connectivity index (χ3v) is 4.83. The van der Waals surface area contributed by atoms with E-state index in [1.165, 1.54) is 56.7 Å². The molecule has 6 nitrogen and oxygen atoms in total. The van der Waals surface area contributed by atoms with Crippen LogP contribution in [0.3, 0.4) is 0 Å². The number of carbonyl (C=O) groups excluding carboxylic acids is 2. The molecular formula is C19H16FNO5S. The van der Waals surface area contributed by atoms with Crippen molar-refractivity contribution in [1.82, 2.24) is 4.90 Å². The highest BCUT2D eigenvalue weighted by Gasteiger charge is 2.35. The van der Waals surface area contributed by atoms with Crippen molar-refractivity contribution in [3.8, 4) is 17.2 Å². The standard InChI is InChI=1S/C19H16FNO5S/c1-25-14-7-12(8-15(26-2)17(14)22)9-16-18(23)21(19(24)27-16)10-11-3-5-13(20)6-4-11/h3-9,22H,10H2,1-2H3/b16-9-. The maximum Gasteiger partial charge on any atom is 0.293 e. The van der Waals surface area contributed by atoms with Crippen LogP contribution in [0.25, 0.3) is 6.08 Å². The molecule has 0 radical (unpaired) electrons. The lowest BCUT2D eigenvalue weighted by Crippen LogP contribution is -2.27. The molecule has 0 unspecified atom stereocenters. The maximum atomic E-state index is 13.0. The van der Waals surface area contributed by atoms with Crippen LogP contribution in [-0.4, -0.2) is 35.4 Å². The molecule has 140 valence electrons. The van der Waals surface area contributed by atoms with E-state index < -0.39 is 11.1 Å². The second-order valence-electron chi connectivity index (χ2n) is 5.67. The molecule has 0 aromatic heterocycles. The second-order valence-corrected chi connectivity index (χ2v) is 6.66. The molecule has 1 saturated heterocycles. The monoisotopic (exact) mass is 389 g/mol. The number of thioether (sulfide) groups is 1. The van der Waals surface area contributed by atoms with Crippen molar-refractivity contribution in [3.05, 3.63) is 58.2 Å². The SMILES string of the molecule is COc1cc(/C=C2\SC(=O)N(Cc3ccc(F)cc3)C2=O)cc(OC)c1O. The summed E-state index contributed by atoms with van der Waals surface area (Å²) in [6, 6.07) is 8.67. The highest BCUT2D eigenvalue weighted by Crippen LogP contribution is 2.39. The van der Waals surface area contributed by atoms with Gasteiger partial charge in [0, 0.05) is 0 Å². The van der Waals surface area contributed by atoms with E-state index in [1.807, 2.05) is 0 Å². The van der Waals surface area contributed by atoms with Crippen LogP contribution in [0.5, 0.6) is 17.2 Å². The topological polar surface area (TPSA) is 76.1 Å². The first-order chi connectivity index (χ1) is 12.9. The van der Waals surface area contributed by atoms with Gasteiger partial charge in [0.25, 0.3) is 11.1 Å². The Balaban J connectivity index is 1.87. The van der Waals surface area contributed by atoms with Crippen molar-refractivity contribution in [1.29, 1.82) is 0 Å². The molecule has 1 aliphatic heterocycles. The highest BCUT2D eigenvalue weighted by atomic mass is 32.2. The third kappa shape index (κ3) is 3.90. The van der Waals surface area contributed by atoms with Crippen molar-refractivity contribution < 1.29 is 28.6 Å². The average Bonchev–Trinajstić information content (AvgIpc) is 2.92. The number of hydrogen-bond donors (Lipinski definition) is 1. The van der Waals surface area contributed by atoms with Crippen molar-refractivity contribution in [3.63, 3.8) is 0 Å². The summed E-state index contributed by atoms with van der Waals surface area (Å²) in [5.74, 6) is -0.609. The molecule has 1 heterocycles. The molecule has 8 heteroatoms. The molecule has 3 rings (SSSR count). The van der Waals surface area contributed by atoms with Gasteiger partial charge >= 0.3 is 0 Å². The molecule has 2 amide bonds. The lowest BCUT2D eigenvalue weighted by atomic mass is 10.1. The van der Waals surface area contributed by atoms with E-state index in [2.05, 4.69) is 0 Å². The molecule has 1 aliphatic rings. The zero-order valence-electron chi connectivity index (χ0n) is 14.6. The van der Waals surface area contributed by atoms with Gasteiger partial charge in [-0.05, 0) is 53.2 Å². The zero-order chi connectivity index (χ0) is 19.6. The molecule has 1 N–H and O–H groups in total. The minimum absolute atomic E-state index is 0.0600. The quantitative estimate of drug-likeness (QED) is 0.785. The Kier molecular flexibility index (Phi) is 5.36. The van der Waals surface area contributed by atoms with Crippen LogP contribution in [0.2, 0.25) is 0 Å². The Labute approximate surface area is 159 Å². The fourth-order valence-electron chi connectivity index (χ4n) is 2.56. The largest absolute Gasteiger partial charge is 0.502 e. The Morgan fingerprint density at radius 1 is 1.11 bits per heavy atom. The number of methoxy groups -OCH3 is 2. The zero-order valence-corrected chi connectivity index (χ0v) is 15.4. The summed E-state index contributed by atoms with van der Waals surface area (Å²) in [6.45, 7) is 0.0600. The number of halogens is 1. The van der Waals surface area contributed by atoms with Crippen LogP contribution in [0.15, 0.2) is 41.3 Å². The minimum Gasteiger partial charge on any atom is -0.502 e. The van der Waals surface area contributed by atoms with Crippen LogP contribution in [-0.2, 0) is 11.3 Å². The summed E-state index contributed by atoms with van der Waals surface area (Å²) in [4.78, 5) is 26.1. The summed E-state index contributed by atoms with van der Waals surface area (Å²) in [6.07, 6.45) is 1.53. The predicted octanol–water partition coefficient (Wildman–Crippen LogP) is 3.79. The fraction of sp³-hybridized carbons (Fsp3) is 0.158. The number of ether oxygens (including phenoxy) is 2. The first-order valence-electron chi connectivity index (χ1n) is 7.87. The molecule has 0 spiro atoms. The van der Waals surface area contributed by atoms with Crippen molar-refractivity contribution >= 4 is 29.0 Å². The fourth-order valence-corrected chi connectivity index (χ4v) is 3.40. The molecule has 0 saturated carbocycles. The van der Waals surface area contributed by atoms with Crippen molar-refractivity contribution in [2.24, 2.45) is 0 Å². The molecule has 2 aromatic rings. The van der Waals surface area contributed by atoms with Gasteiger partial charge in [0.05, 0.1) is 25.7 Å². The number of hydrogen-bond acceptors (Lipinski definition) is 6. The number of amides is 2. The van der Waals surface area contributed by atoms with Gasteiger partial charge in [0.15, 0.2) is 11.5 Å². The number of aromatic hydroxyl groups is 1. The maximum absolute atomic E-state index is 13.0. The molecular weight excluding hydrogens is 373 g/mol. The van der Waals surface area contributed by atoms with Crippen molar-refractivity contribution in [2.45, 2.75) is 6.54 Å². The molecule has 27 heavy (non-hydrogen) atoms. The van der Waals surface area contributed by atoms with Gasteiger partial charge in [-0.2, -0.15) is 0 Å². The molecule has 1 fully saturated rings. The number of phenols is 1. The van der Waals surface area contributed by atoms with E-state index in [9.17, 15) is 19.1 Å². The van der Waals surface area contributed by atoms with Gasteiger partial charge in [-0.1, -0.05) is 12.1 Å². The van der Waals surface area contributed by atoms with Gasteiger partial charge in [0.2, 0.25) is 5.75 Å². The van der Waals surface area contributed by atoms with Crippen molar-refractivity contribution in [2.75, 3.05) is 14.2 Å². The average molecular weight is 389 g/mol.